The Balaban J connectivity index is 1.92. The zero-order chi connectivity index (χ0) is 14.7. The van der Waals surface area contributed by atoms with Gasteiger partial charge in [0, 0.05) is 18.7 Å². The standard InChI is InChI=1S/C17H16N2O2/c20-17-16(18-21)15-9-5-4-8-14(15)10-11-19(17)12-13-6-2-1-3-7-13/h1-9,21H,10-12H2. The summed E-state index contributed by atoms with van der Waals surface area (Å²) in [5.74, 6) is -0.230. The van der Waals surface area contributed by atoms with Gasteiger partial charge in [0.2, 0.25) is 0 Å². The quantitative estimate of drug-likeness (QED) is 0.678. The van der Waals surface area contributed by atoms with Crippen molar-refractivity contribution in [2.75, 3.05) is 6.54 Å². The monoisotopic (exact) mass is 280 g/mol. The first-order valence-electron chi connectivity index (χ1n) is 6.93. The van der Waals surface area contributed by atoms with Crippen molar-refractivity contribution in [3.05, 3.63) is 71.3 Å². The van der Waals surface area contributed by atoms with Crippen LogP contribution in [0, 0.1) is 0 Å². The second-order valence-corrected chi connectivity index (χ2v) is 5.07. The Bertz CT molecular complexity index is 680. The van der Waals surface area contributed by atoms with Crippen LogP contribution in [0.2, 0.25) is 0 Å². The minimum atomic E-state index is -0.230. The van der Waals surface area contributed by atoms with E-state index in [9.17, 15) is 10.0 Å². The van der Waals surface area contributed by atoms with E-state index in [2.05, 4.69) is 5.16 Å². The summed E-state index contributed by atoms with van der Waals surface area (Å²) >= 11 is 0. The molecule has 2 aromatic carbocycles. The Morgan fingerprint density at radius 3 is 2.52 bits per heavy atom. The predicted molar refractivity (Wildman–Crippen MR) is 80.3 cm³/mol. The van der Waals surface area contributed by atoms with Gasteiger partial charge in [0.25, 0.3) is 5.91 Å². The number of benzene rings is 2. The highest BCUT2D eigenvalue weighted by atomic mass is 16.4. The molecule has 0 saturated heterocycles. The summed E-state index contributed by atoms with van der Waals surface area (Å²) in [5, 5.41) is 12.5. The predicted octanol–water partition coefficient (Wildman–Crippen LogP) is 2.45. The van der Waals surface area contributed by atoms with Crippen molar-refractivity contribution in [3.8, 4) is 0 Å². The van der Waals surface area contributed by atoms with E-state index >= 15 is 0 Å². The maximum absolute atomic E-state index is 12.6. The van der Waals surface area contributed by atoms with Crippen LogP contribution in [0.25, 0.3) is 0 Å². The number of hydrogen-bond acceptors (Lipinski definition) is 3. The molecular weight excluding hydrogens is 264 g/mol. The van der Waals surface area contributed by atoms with E-state index < -0.39 is 0 Å². The number of oxime groups is 1. The summed E-state index contributed by atoms with van der Waals surface area (Å²) in [4.78, 5) is 14.3. The van der Waals surface area contributed by atoms with Crippen LogP contribution in [0.15, 0.2) is 59.8 Å². The topological polar surface area (TPSA) is 52.9 Å². The average Bonchev–Trinajstić information content (AvgIpc) is 2.66. The van der Waals surface area contributed by atoms with Gasteiger partial charge in [0.1, 0.15) is 0 Å². The molecule has 0 saturated carbocycles. The average molecular weight is 280 g/mol. The van der Waals surface area contributed by atoms with Crippen LogP contribution in [0.1, 0.15) is 16.7 Å². The summed E-state index contributed by atoms with van der Waals surface area (Å²) in [6.07, 6.45) is 0.758. The summed E-state index contributed by atoms with van der Waals surface area (Å²) < 4.78 is 0. The molecule has 106 valence electrons. The Hall–Kier alpha value is -2.62. The van der Waals surface area contributed by atoms with E-state index in [4.69, 9.17) is 0 Å². The first kappa shape index (κ1) is 13.4. The van der Waals surface area contributed by atoms with Crippen LogP contribution in [0.3, 0.4) is 0 Å². The van der Waals surface area contributed by atoms with Crippen molar-refractivity contribution < 1.29 is 10.0 Å². The summed E-state index contributed by atoms with van der Waals surface area (Å²) in [5.41, 5.74) is 2.95. The molecule has 0 aromatic heterocycles. The largest absolute Gasteiger partial charge is 0.410 e. The van der Waals surface area contributed by atoms with Crippen LogP contribution in [-0.4, -0.2) is 28.3 Å². The second kappa shape index (κ2) is 5.79. The molecule has 0 aliphatic carbocycles. The molecule has 0 spiro atoms. The van der Waals surface area contributed by atoms with Crippen molar-refractivity contribution in [2.24, 2.45) is 5.16 Å². The lowest BCUT2D eigenvalue weighted by Gasteiger charge is -2.20. The molecule has 0 atom stereocenters. The molecule has 21 heavy (non-hydrogen) atoms. The normalized spacial score (nSPS) is 16.7. The molecular formula is C17H16N2O2. The first-order valence-corrected chi connectivity index (χ1v) is 6.93. The number of carbonyl (C=O) groups excluding carboxylic acids is 1. The summed E-state index contributed by atoms with van der Waals surface area (Å²) in [6, 6.07) is 17.4. The van der Waals surface area contributed by atoms with Crippen molar-refractivity contribution in [1.82, 2.24) is 4.90 Å². The molecule has 4 heteroatoms. The highest BCUT2D eigenvalue weighted by Crippen LogP contribution is 2.18. The van der Waals surface area contributed by atoms with Crippen LogP contribution in [-0.2, 0) is 17.8 Å². The minimum absolute atomic E-state index is 0.124. The fraction of sp³-hybridized carbons (Fsp3) is 0.176. The van der Waals surface area contributed by atoms with Gasteiger partial charge in [-0.2, -0.15) is 0 Å². The van der Waals surface area contributed by atoms with E-state index in [1.165, 1.54) is 0 Å². The third-order valence-corrected chi connectivity index (χ3v) is 3.73. The molecule has 1 N–H and O–H groups in total. The van der Waals surface area contributed by atoms with Gasteiger partial charge in [-0.05, 0) is 17.5 Å². The van der Waals surface area contributed by atoms with Gasteiger partial charge in [-0.3, -0.25) is 4.79 Å². The number of fused-ring (bicyclic) bond motifs is 1. The minimum Gasteiger partial charge on any atom is -0.410 e. The third kappa shape index (κ3) is 2.65. The van der Waals surface area contributed by atoms with Crippen LogP contribution in [0.5, 0.6) is 0 Å². The fourth-order valence-electron chi connectivity index (χ4n) is 2.64. The molecule has 1 aliphatic heterocycles. The van der Waals surface area contributed by atoms with Gasteiger partial charge in [0.05, 0.1) is 0 Å². The van der Waals surface area contributed by atoms with E-state index in [0.29, 0.717) is 13.1 Å². The molecule has 2 aromatic rings. The Morgan fingerprint density at radius 1 is 1.05 bits per heavy atom. The SMILES string of the molecule is O=C1C(=NO)c2ccccc2CCN1Cc1ccccc1. The maximum atomic E-state index is 12.6. The van der Waals surface area contributed by atoms with Crippen molar-refractivity contribution in [2.45, 2.75) is 13.0 Å². The number of amides is 1. The Labute approximate surface area is 123 Å². The molecule has 4 nitrogen and oxygen atoms in total. The van der Waals surface area contributed by atoms with Gasteiger partial charge in [-0.25, -0.2) is 0 Å². The summed E-state index contributed by atoms with van der Waals surface area (Å²) in [6.45, 7) is 1.14. The molecule has 1 aliphatic rings. The van der Waals surface area contributed by atoms with Crippen LogP contribution >= 0.6 is 0 Å². The summed E-state index contributed by atoms with van der Waals surface area (Å²) in [7, 11) is 0. The zero-order valence-electron chi connectivity index (χ0n) is 11.6. The molecule has 0 bridgehead atoms. The van der Waals surface area contributed by atoms with E-state index in [1.54, 1.807) is 4.90 Å². The van der Waals surface area contributed by atoms with Gasteiger partial charge in [0.15, 0.2) is 5.71 Å². The Kier molecular flexibility index (Phi) is 3.69. The lowest BCUT2D eigenvalue weighted by Crippen LogP contribution is -2.35. The third-order valence-electron chi connectivity index (χ3n) is 3.73. The van der Waals surface area contributed by atoms with Crippen molar-refractivity contribution >= 4 is 11.6 Å². The highest BCUT2D eigenvalue weighted by molar-refractivity contribution is 6.45. The lowest BCUT2D eigenvalue weighted by atomic mass is 10.0. The molecule has 1 heterocycles. The Morgan fingerprint density at radius 2 is 1.76 bits per heavy atom. The van der Waals surface area contributed by atoms with E-state index in [1.807, 2.05) is 54.6 Å². The van der Waals surface area contributed by atoms with Crippen LogP contribution in [0.4, 0.5) is 0 Å². The van der Waals surface area contributed by atoms with Gasteiger partial charge in [-0.1, -0.05) is 59.8 Å². The van der Waals surface area contributed by atoms with Gasteiger partial charge >= 0.3 is 0 Å². The van der Waals surface area contributed by atoms with E-state index in [0.717, 1.165) is 23.1 Å². The molecule has 0 radical (unpaired) electrons. The zero-order valence-corrected chi connectivity index (χ0v) is 11.6. The first-order chi connectivity index (χ1) is 10.3. The van der Waals surface area contributed by atoms with Crippen molar-refractivity contribution in [3.63, 3.8) is 0 Å². The number of rotatable bonds is 2. The van der Waals surface area contributed by atoms with E-state index in [-0.39, 0.29) is 11.6 Å². The van der Waals surface area contributed by atoms with Gasteiger partial charge in [-0.15, -0.1) is 0 Å². The number of carbonyl (C=O) groups is 1. The lowest BCUT2D eigenvalue weighted by molar-refractivity contribution is -0.124. The number of nitrogens with zero attached hydrogens (tertiary/aromatic N) is 2. The smallest absolute Gasteiger partial charge is 0.276 e. The molecule has 0 fully saturated rings. The molecule has 0 unspecified atom stereocenters. The van der Waals surface area contributed by atoms with Gasteiger partial charge < -0.3 is 10.1 Å². The van der Waals surface area contributed by atoms with Crippen molar-refractivity contribution in [1.29, 1.82) is 0 Å². The second-order valence-electron chi connectivity index (χ2n) is 5.07. The fourth-order valence-corrected chi connectivity index (χ4v) is 2.64. The highest BCUT2D eigenvalue weighted by Gasteiger charge is 2.27. The van der Waals surface area contributed by atoms with Crippen LogP contribution < -0.4 is 0 Å². The molecule has 3 rings (SSSR count). The number of hydrogen-bond donors (Lipinski definition) is 1. The molecule has 1 amide bonds. The maximum Gasteiger partial charge on any atom is 0.276 e.